The summed E-state index contributed by atoms with van der Waals surface area (Å²) in [5.74, 6) is -1.38. The third-order valence-electron chi connectivity index (χ3n) is 4.65. The number of amides is 1. The van der Waals surface area contributed by atoms with Crippen LogP contribution in [0.15, 0.2) is 0 Å². The first-order chi connectivity index (χ1) is 9.43. The SMILES string of the molecule is CCC1COC(C)CN1C(=O)[C@H]1CC(C)C[C@H]1C(=O)O. The Morgan fingerprint density at radius 1 is 1.25 bits per heavy atom. The molecule has 0 bridgehead atoms. The third-order valence-corrected chi connectivity index (χ3v) is 4.65. The molecule has 0 aromatic rings. The van der Waals surface area contributed by atoms with E-state index in [9.17, 15) is 14.7 Å². The highest BCUT2D eigenvalue weighted by Crippen LogP contribution is 2.38. The lowest BCUT2D eigenvalue weighted by Gasteiger charge is -2.40. The highest BCUT2D eigenvalue weighted by molar-refractivity contribution is 5.85. The second kappa shape index (κ2) is 6.12. The topological polar surface area (TPSA) is 66.8 Å². The van der Waals surface area contributed by atoms with E-state index in [2.05, 4.69) is 0 Å². The van der Waals surface area contributed by atoms with Gasteiger partial charge in [0.05, 0.1) is 30.6 Å². The van der Waals surface area contributed by atoms with Crippen molar-refractivity contribution in [3.05, 3.63) is 0 Å². The normalized spacial score (nSPS) is 38.0. The first-order valence-electron chi connectivity index (χ1n) is 7.58. The number of nitrogens with zero attached hydrogens (tertiary/aromatic N) is 1. The molecule has 3 unspecified atom stereocenters. The largest absolute Gasteiger partial charge is 0.481 e. The smallest absolute Gasteiger partial charge is 0.307 e. The standard InChI is InChI=1S/C15H25NO4/c1-4-11-8-20-10(3)7-16(11)14(17)12-5-9(2)6-13(12)15(18)19/h9-13H,4-8H2,1-3H3,(H,18,19)/t9?,10?,11?,12-,13+/m0/s1. The van der Waals surface area contributed by atoms with Crippen molar-refractivity contribution in [3.8, 4) is 0 Å². The molecule has 2 aliphatic rings. The molecule has 0 aromatic heterocycles. The van der Waals surface area contributed by atoms with Crippen LogP contribution in [0.5, 0.6) is 0 Å². The Morgan fingerprint density at radius 3 is 2.50 bits per heavy atom. The number of morpholine rings is 1. The molecule has 1 saturated carbocycles. The number of aliphatic carboxylic acids is 1. The molecule has 5 heteroatoms. The molecular formula is C15H25NO4. The van der Waals surface area contributed by atoms with Gasteiger partial charge >= 0.3 is 5.97 Å². The summed E-state index contributed by atoms with van der Waals surface area (Å²) in [7, 11) is 0. The van der Waals surface area contributed by atoms with Crippen molar-refractivity contribution in [1.82, 2.24) is 4.90 Å². The van der Waals surface area contributed by atoms with Gasteiger partial charge in [-0.15, -0.1) is 0 Å². The molecule has 1 N–H and O–H groups in total. The van der Waals surface area contributed by atoms with Gasteiger partial charge in [-0.05, 0) is 32.1 Å². The molecule has 1 heterocycles. The minimum Gasteiger partial charge on any atom is -0.481 e. The zero-order chi connectivity index (χ0) is 14.9. The van der Waals surface area contributed by atoms with Crippen molar-refractivity contribution in [1.29, 1.82) is 0 Å². The number of carboxylic acids is 1. The number of carbonyl (C=O) groups excluding carboxylic acids is 1. The lowest BCUT2D eigenvalue weighted by atomic mass is 9.93. The van der Waals surface area contributed by atoms with Crippen molar-refractivity contribution < 1.29 is 19.4 Å². The van der Waals surface area contributed by atoms with Gasteiger partial charge in [0.2, 0.25) is 5.91 Å². The van der Waals surface area contributed by atoms with Crippen LogP contribution in [-0.4, -0.2) is 47.2 Å². The van der Waals surface area contributed by atoms with E-state index < -0.39 is 11.9 Å². The monoisotopic (exact) mass is 283 g/mol. The van der Waals surface area contributed by atoms with Gasteiger partial charge in [-0.2, -0.15) is 0 Å². The second-order valence-electron chi connectivity index (χ2n) is 6.32. The quantitative estimate of drug-likeness (QED) is 0.857. The summed E-state index contributed by atoms with van der Waals surface area (Å²) in [6.45, 7) is 7.16. The van der Waals surface area contributed by atoms with Gasteiger partial charge in [0.25, 0.3) is 0 Å². The van der Waals surface area contributed by atoms with Gasteiger partial charge in [-0.1, -0.05) is 13.8 Å². The molecule has 114 valence electrons. The Kier molecular flexibility index (Phi) is 4.68. The Balaban J connectivity index is 2.13. The number of carbonyl (C=O) groups is 2. The molecule has 0 radical (unpaired) electrons. The van der Waals surface area contributed by atoms with Crippen molar-refractivity contribution in [3.63, 3.8) is 0 Å². The van der Waals surface area contributed by atoms with E-state index in [1.165, 1.54) is 0 Å². The Morgan fingerprint density at radius 2 is 1.90 bits per heavy atom. The molecule has 5 nitrogen and oxygen atoms in total. The maximum absolute atomic E-state index is 12.8. The Hall–Kier alpha value is -1.10. The van der Waals surface area contributed by atoms with Gasteiger partial charge in [-0.25, -0.2) is 0 Å². The van der Waals surface area contributed by atoms with Crippen LogP contribution >= 0.6 is 0 Å². The number of hydrogen-bond donors (Lipinski definition) is 1. The first kappa shape index (κ1) is 15.3. The zero-order valence-electron chi connectivity index (χ0n) is 12.5. The molecule has 5 atom stereocenters. The lowest BCUT2D eigenvalue weighted by Crippen LogP contribution is -2.53. The van der Waals surface area contributed by atoms with Gasteiger partial charge < -0.3 is 14.7 Å². The molecule has 2 rings (SSSR count). The van der Waals surface area contributed by atoms with E-state index in [0.29, 0.717) is 31.9 Å². The minimum absolute atomic E-state index is 0.0174. The summed E-state index contributed by atoms with van der Waals surface area (Å²) in [5, 5.41) is 9.33. The van der Waals surface area contributed by atoms with E-state index in [-0.39, 0.29) is 24.0 Å². The van der Waals surface area contributed by atoms with E-state index in [0.717, 1.165) is 6.42 Å². The minimum atomic E-state index is -0.831. The fourth-order valence-electron chi connectivity index (χ4n) is 3.50. The van der Waals surface area contributed by atoms with E-state index >= 15 is 0 Å². The van der Waals surface area contributed by atoms with Gasteiger partial charge in [0, 0.05) is 6.54 Å². The van der Waals surface area contributed by atoms with Crippen LogP contribution in [0.4, 0.5) is 0 Å². The van der Waals surface area contributed by atoms with Crippen LogP contribution in [0, 0.1) is 17.8 Å². The highest BCUT2D eigenvalue weighted by Gasteiger charge is 2.44. The third kappa shape index (κ3) is 2.97. The first-order valence-corrected chi connectivity index (χ1v) is 7.58. The van der Waals surface area contributed by atoms with Crippen molar-refractivity contribution in [2.75, 3.05) is 13.2 Å². The number of hydrogen-bond acceptors (Lipinski definition) is 3. The summed E-state index contributed by atoms with van der Waals surface area (Å²) in [6, 6.07) is 0.0871. The van der Waals surface area contributed by atoms with Gasteiger partial charge in [0.1, 0.15) is 0 Å². The highest BCUT2D eigenvalue weighted by atomic mass is 16.5. The molecule has 2 fully saturated rings. The fraction of sp³-hybridized carbons (Fsp3) is 0.867. The summed E-state index contributed by atoms with van der Waals surface area (Å²) in [6.07, 6.45) is 2.18. The zero-order valence-corrected chi connectivity index (χ0v) is 12.5. The maximum Gasteiger partial charge on any atom is 0.307 e. The molecule has 0 aromatic carbocycles. The Labute approximate surface area is 120 Å². The van der Waals surface area contributed by atoms with E-state index in [1.54, 1.807) is 0 Å². The van der Waals surface area contributed by atoms with Crippen LogP contribution in [-0.2, 0) is 14.3 Å². The molecule has 1 saturated heterocycles. The summed E-state index contributed by atoms with van der Waals surface area (Å²) in [5.41, 5.74) is 0. The summed E-state index contributed by atoms with van der Waals surface area (Å²) < 4.78 is 5.61. The number of carboxylic acid groups (broad SMARTS) is 1. The van der Waals surface area contributed by atoms with E-state index in [1.807, 2.05) is 25.7 Å². The van der Waals surface area contributed by atoms with E-state index in [4.69, 9.17) is 4.74 Å². The average molecular weight is 283 g/mol. The lowest BCUT2D eigenvalue weighted by molar-refractivity contribution is -0.155. The average Bonchev–Trinajstić information content (AvgIpc) is 2.80. The van der Waals surface area contributed by atoms with Crippen LogP contribution < -0.4 is 0 Å². The van der Waals surface area contributed by atoms with Crippen LogP contribution in [0.25, 0.3) is 0 Å². The molecular weight excluding hydrogens is 258 g/mol. The Bertz CT molecular complexity index is 384. The van der Waals surface area contributed by atoms with Gasteiger partial charge in [-0.3, -0.25) is 9.59 Å². The summed E-state index contributed by atoms with van der Waals surface area (Å²) >= 11 is 0. The number of rotatable bonds is 3. The predicted molar refractivity (Wildman–Crippen MR) is 74.2 cm³/mol. The second-order valence-corrected chi connectivity index (χ2v) is 6.32. The van der Waals surface area contributed by atoms with Crippen molar-refractivity contribution in [2.45, 2.75) is 52.2 Å². The predicted octanol–water partition coefficient (Wildman–Crippen LogP) is 1.76. The van der Waals surface area contributed by atoms with Crippen molar-refractivity contribution in [2.24, 2.45) is 17.8 Å². The van der Waals surface area contributed by atoms with Gasteiger partial charge in [0.15, 0.2) is 0 Å². The van der Waals surface area contributed by atoms with Crippen molar-refractivity contribution >= 4 is 11.9 Å². The van der Waals surface area contributed by atoms with Crippen LogP contribution in [0.3, 0.4) is 0 Å². The summed E-state index contributed by atoms with van der Waals surface area (Å²) in [4.78, 5) is 26.0. The fourth-order valence-corrected chi connectivity index (χ4v) is 3.50. The maximum atomic E-state index is 12.8. The molecule has 0 spiro atoms. The van der Waals surface area contributed by atoms with Crippen LogP contribution in [0.1, 0.15) is 40.0 Å². The molecule has 1 aliphatic carbocycles. The number of ether oxygens (including phenoxy) is 1. The molecule has 20 heavy (non-hydrogen) atoms. The van der Waals surface area contributed by atoms with Crippen LogP contribution in [0.2, 0.25) is 0 Å². The molecule has 1 aliphatic heterocycles. The molecule has 1 amide bonds.